The van der Waals surface area contributed by atoms with Gasteiger partial charge in [0.25, 0.3) is 0 Å². The van der Waals surface area contributed by atoms with Gasteiger partial charge in [-0.15, -0.1) is 0 Å². The number of benzene rings is 1. The number of hydrogen-bond donors (Lipinski definition) is 2. The molecule has 3 N–H and O–H groups in total. The summed E-state index contributed by atoms with van der Waals surface area (Å²) in [6.45, 7) is 4.10. The number of hydrogen-bond acceptors (Lipinski definition) is 4. The molecule has 0 aliphatic rings. The van der Waals surface area contributed by atoms with Crippen molar-refractivity contribution in [2.45, 2.75) is 42.9 Å². The maximum atomic E-state index is 12.7. The summed E-state index contributed by atoms with van der Waals surface area (Å²) >= 11 is 0. The van der Waals surface area contributed by atoms with Crippen molar-refractivity contribution in [2.75, 3.05) is 11.9 Å². The van der Waals surface area contributed by atoms with E-state index in [9.17, 15) is 17.2 Å². The molecular formula is C13H20F2N2O2S. The van der Waals surface area contributed by atoms with Gasteiger partial charge in [-0.1, -0.05) is 26.0 Å². The van der Waals surface area contributed by atoms with Crippen LogP contribution in [0.4, 0.5) is 14.5 Å². The van der Waals surface area contributed by atoms with E-state index in [0.717, 1.165) is 0 Å². The molecule has 0 spiro atoms. The van der Waals surface area contributed by atoms with Crippen LogP contribution < -0.4 is 11.1 Å². The molecule has 0 aliphatic carbocycles. The zero-order valence-electron chi connectivity index (χ0n) is 11.6. The molecule has 0 atom stereocenters. The number of alkyl halides is 2. The Kier molecular flexibility index (Phi) is 5.47. The summed E-state index contributed by atoms with van der Waals surface area (Å²) in [4.78, 5) is -0.394. The van der Waals surface area contributed by atoms with Crippen molar-refractivity contribution < 1.29 is 17.2 Å². The van der Waals surface area contributed by atoms with E-state index < -0.39 is 26.0 Å². The summed E-state index contributed by atoms with van der Waals surface area (Å²) in [5.74, 6) is -3.44. The standard InChI is InChI=1S/C13H20F2N2O2S/c1-3-13(4-2,9-16)17-10-7-5-6-8-11(10)20(18,19)12(14)15/h5-8,12,17H,3-4,9,16H2,1-2H3. The second kappa shape index (κ2) is 6.49. The number of nitrogens with one attached hydrogen (secondary N) is 1. The number of rotatable bonds is 7. The van der Waals surface area contributed by atoms with Crippen LogP contribution in [0, 0.1) is 0 Å². The van der Waals surface area contributed by atoms with Gasteiger partial charge >= 0.3 is 5.76 Å². The van der Waals surface area contributed by atoms with Gasteiger partial charge in [-0.3, -0.25) is 0 Å². The van der Waals surface area contributed by atoms with E-state index >= 15 is 0 Å². The van der Waals surface area contributed by atoms with Crippen LogP contribution in [0.25, 0.3) is 0 Å². The van der Waals surface area contributed by atoms with Gasteiger partial charge in [0.05, 0.1) is 10.6 Å². The van der Waals surface area contributed by atoms with Crippen LogP contribution in [0.15, 0.2) is 29.2 Å². The highest BCUT2D eigenvalue weighted by Crippen LogP contribution is 2.30. The minimum atomic E-state index is -4.64. The van der Waals surface area contributed by atoms with E-state index in [4.69, 9.17) is 5.73 Å². The van der Waals surface area contributed by atoms with Gasteiger partial charge in [-0.05, 0) is 25.0 Å². The van der Waals surface area contributed by atoms with Crippen molar-refractivity contribution in [1.29, 1.82) is 0 Å². The van der Waals surface area contributed by atoms with Gasteiger partial charge in [0.15, 0.2) is 0 Å². The molecule has 1 rings (SSSR count). The summed E-state index contributed by atoms with van der Waals surface area (Å²) in [6.07, 6.45) is 1.31. The third-order valence-corrected chi connectivity index (χ3v) is 5.01. The van der Waals surface area contributed by atoms with Crippen LogP contribution in [0.2, 0.25) is 0 Å². The smallest absolute Gasteiger partial charge is 0.341 e. The molecule has 1 aromatic carbocycles. The van der Waals surface area contributed by atoms with Crippen LogP contribution in [-0.4, -0.2) is 26.3 Å². The van der Waals surface area contributed by atoms with Crippen molar-refractivity contribution >= 4 is 15.5 Å². The Morgan fingerprint density at radius 1 is 1.25 bits per heavy atom. The van der Waals surface area contributed by atoms with Crippen LogP contribution in [0.3, 0.4) is 0 Å². The first kappa shape index (κ1) is 16.8. The summed E-state index contributed by atoms with van der Waals surface area (Å²) < 4.78 is 48.8. The van der Waals surface area contributed by atoms with Gasteiger partial charge in [-0.2, -0.15) is 8.78 Å². The van der Waals surface area contributed by atoms with E-state index in [2.05, 4.69) is 5.32 Å². The average Bonchev–Trinajstić information content (AvgIpc) is 2.45. The molecule has 0 amide bonds. The summed E-state index contributed by atoms with van der Waals surface area (Å²) in [7, 11) is -4.64. The molecule has 0 bridgehead atoms. The van der Waals surface area contributed by atoms with Gasteiger partial charge in [0.1, 0.15) is 0 Å². The molecule has 0 saturated heterocycles. The van der Waals surface area contributed by atoms with E-state index in [1.165, 1.54) is 18.2 Å². The largest absolute Gasteiger partial charge is 0.377 e. The fourth-order valence-electron chi connectivity index (χ4n) is 1.97. The Balaban J connectivity index is 3.28. The Morgan fingerprint density at radius 3 is 2.25 bits per heavy atom. The molecule has 114 valence electrons. The van der Waals surface area contributed by atoms with E-state index in [1.54, 1.807) is 6.07 Å². The highest BCUT2D eigenvalue weighted by Gasteiger charge is 2.31. The van der Waals surface area contributed by atoms with E-state index in [-0.39, 0.29) is 12.2 Å². The fraction of sp³-hybridized carbons (Fsp3) is 0.538. The van der Waals surface area contributed by atoms with Gasteiger partial charge < -0.3 is 11.1 Å². The first-order chi connectivity index (χ1) is 9.33. The topological polar surface area (TPSA) is 72.2 Å². The highest BCUT2D eigenvalue weighted by atomic mass is 32.2. The molecule has 0 heterocycles. The molecule has 4 nitrogen and oxygen atoms in total. The Hall–Kier alpha value is -1.21. The summed E-state index contributed by atoms with van der Waals surface area (Å²) in [6, 6.07) is 5.67. The lowest BCUT2D eigenvalue weighted by Crippen LogP contribution is -2.44. The van der Waals surface area contributed by atoms with Crippen LogP contribution in [-0.2, 0) is 9.84 Å². The third-order valence-electron chi connectivity index (χ3n) is 3.57. The van der Waals surface area contributed by atoms with Crippen LogP contribution in [0.1, 0.15) is 26.7 Å². The maximum Gasteiger partial charge on any atom is 0.341 e. The molecule has 0 fully saturated rings. The molecule has 0 radical (unpaired) electrons. The molecule has 7 heteroatoms. The molecule has 0 unspecified atom stereocenters. The first-order valence-electron chi connectivity index (χ1n) is 6.42. The molecular weight excluding hydrogens is 286 g/mol. The van der Waals surface area contributed by atoms with Gasteiger partial charge in [0.2, 0.25) is 9.84 Å². The van der Waals surface area contributed by atoms with Crippen molar-refractivity contribution in [2.24, 2.45) is 5.73 Å². The molecule has 20 heavy (non-hydrogen) atoms. The second-order valence-electron chi connectivity index (χ2n) is 4.62. The fourth-order valence-corrected chi connectivity index (χ4v) is 2.85. The molecule has 0 saturated carbocycles. The summed E-state index contributed by atoms with van der Waals surface area (Å²) in [5, 5.41) is 3.03. The predicted molar refractivity (Wildman–Crippen MR) is 75.6 cm³/mol. The van der Waals surface area contributed by atoms with E-state index in [1.807, 2.05) is 13.8 Å². The van der Waals surface area contributed by atoms with Crippen molar-refractivity contribution in [3.63, 3.8) is 0 Å². The SMILES string of the molecule is CCC(CC)(CN)Nc1ccccc1S(=O)(=O)C(F)F. The normalized spacial score (nSPS) is 12.7. The number of nitrogens with two attached hydrogens (primary N) is 1. The lowest BCUT2D eigenvalue weighted by molar-refractivity contribution is 0.235. The molecule has 1 aromatic rings. The highest BCUT2D eigenvalue weighted by molar-refractivity contribution is 7.91. The van der Waals surface area contributed by atoms with Crippen molar-refractivity contribution in [1.82, 2.24) is 0 Å². The van der Waals surface area contributed by atoms with Gasteiger partial charge in [0, 0.05) is 12.1 Å². The second-order valence-corrected chi connectivity index (χ2v) is 6.50. The average molecular weight is 306 g/mol. The lowest BCUT2D eigenvalue weighted by Gasteiger charge is -2.33. The van der Waals surface area contributed by atoms with Gasteiger partial charge in [-0.25, -0.2) is 8.42 Å². The quantitative estimate of drug-likeness (QED) is 0.812. The summed E-state index contributed by atoms with van der Waals surface area (Å²) in [5.41, 5.74) is 5.40. The van der Waals surface area contributed by atoms with Crippen LogP contribution in [0.5, 0.6) is 0 Å². The zero-order chi connectivity index (χ0) is 15.4. The Bertz CT molecular complexity index is 535. The first-order valence-corrected chi connectivity index (χ1v) is 7.97. The molecule has 0 aliphatic heterocycles. The monoisotopic (exact) mass is 306 g/mol. The van der Waals surface area contributed by atoms with Crippen molar-refractivity contribution in [3.8, 4) is 0 Å². The Morgan fingerprint density at radius 2 is 1.80 bits per heavy atom. The lowest BCUT2D eigenvalue weighted by atomic mass is 9.92. The minimum Gasteiger partial charge on any atom is -0.377 e. The van der Waals surface area contributed by atoms with Crippen molar-refractivity contribution in [3.05, 3.63) is 24.3 Å². The van der Waals surface area contributed by atoms with Crippen LogP contribution >= 0.6 is 0 Å². The maximum absolute atomic E-state index is 12.7. The molecule has 0 aromatic heterocycles. The number of sulfone groups is 1. The predicted octanol–water partition coefficient (Wildman–Crippen LogP) is 2.61. The number of para-hydroxylation sites is 1. The minimum absolute atomic E-state index is 0.168. The third kappa shape index (κ3) is 3.27. The number of halogens is 2. The zero-order valence-corrected chi connectivity index (χ0v) is 12.4. The Labute approximate surface area is 118 Å². The van der Waals surface area contributed by atoms with E-state index in [0.29, 0.717) is 12.8 Å². The number of anilines is 1.